The van der Waals surface area contributed by atoms with Gasteiger partial charge in [-0.25, -0.2) is 9.38 Å². The molecule has 1 aliphatic carbocycles. The van der Waals surface area contributed by atoms with E-state index in [1.807, 2.05) is 48.5 Å². The van der Waals surface area contributed by atoms with E-state index in [0.717, 1.165) is 34.5 Å². The highest BCUT2D eigenvalue weighted by Crippen LogP contribution is 2.29. The minimum Gasteiger partial charge on any atom is -0.248 e. The van der Waals surface area contributed by atoms with Gasteiger partial charge in [0.25, 0.3) is 0 Å². The first-order valence-electron chi connectivity index (χ1n) is 9.32. The molecule has 3 aromatic carbocycles. The van der Waals surface area contributed by atoms with E-state index in [0.29, 0.717) is 0 Å². The van der Waals surface area contributed by atoms with Crippen LogP contribution in [0.15, 0.2) is 114 Å². The highest BCUT2D eigenvalue weighted by Gasteiger charge is 2.16. The minimum absolute atomic E-state index is 0.237. The standard InChI is InChI=1S/C26H20FN/c27-23-17-15-20(16-18-23)19-25(21-9-3-1-4-10-21)26(22-11-7-8-12-22)28-24-13-5-2-6-14-24/h1-11,13-19H,12H2/b25-19+,28-26?. The molecule has 28 heavy (non-hydrogen) atoms. The average Bonchev–Trinajstić information content (AvgIpc) is 3.28. The predicted octanol–water partition coefficient (Wildman–Crippen LogP) is 7.03. The number of halogens is 1. The van der Waals surface area contributed by atoms with Crippen molar-refractivity contribution in [2.24, 2.45) is 4.99 Å². The van der Waals surface area contributed by atoms with Gasteiger partial charge in [0.05, 0.1) is 11.4 Å². The van der Waals surface area contributed by atoms with Crippen molar-refractivity contribution < 1.29 is 4.39 Å². The normalized spacial score (nSPS) is 14.2. The summed E-state index contributed by atoms with van der Waals surface area (Å²) in [5.74, 6) is -0.237. The molecule has 0 aromatic heterocycles. The van der Waals surface area contributed by atoms with Crippen molar-refractivity contribution in [2.45, 2.75) is 6.42 Å². The number of hydrogen-bond donors (Lipinski definition) is 0. The number of rotatable bonds is 5. The highest BCUT2D eigenvalue weighted by molar-refractivity contribution is 6.35. The maximum Gasteiger partial charge on any atom is 0.123 e. The second-order valence-corrected chi connectivity index (χ2v) is 6.60. The summed E-state index contributed by atoms with van der Waals surface area (Å²) >= 11 is 0. The van der Waals surface area contributed by atoms with Crippen molar-refractivity contribution in [2.75, 3.05) is 0 Å². The number of hydrogen-bond acceptors (Lipinski definition) is 1. The van der Waals surface area contributed by atoms with Gasteiger partial charge in [0.1, 0.15) is 5.82 Å². The summed E-state index contributed by atoms with van der Waals surface area (Å²) in [6, 6.07) is 26.7. The van der Waals surface area contributed by atoms with E-state index in [2.05, 4.69) is 36.4 Å². The van der Waals surface area contributed by atoms with Crippen LogP contribution in [0.4, 0.5) is 10.1 Å². The Hall–Kier alpha value is -3.52. The lowest BCUT2D eigenvalue weighted by atomic mass is 9.93. The fourth-order valence-corrected chi connectivity index (χ4v) is 3.19. The van der Waals surface area contributed by atoms with Gasteiger partial charge in [0.15, 0.2) is 0 Å². The molecule has 2 heteroatoms. The van der Waals surface area contributed by atoms with Crippen LogP contribution in [0.2, 0.25) is 0 Å². The van der Waals surface area contributed by atoms with Crippen molar-refractivity contribution in [3.8, 4) is 0 Å². The molecule has 0 saturated carbocycles. The van der Waals surface area contributed by atoms with Gasteiger partial charge in [0.2, 0.25) is 0 Å². The molecule has 0 N–H and O–H groups in total. The molecule has 1 aliphatic rings. The molecule has 0 unspecified atom stereocenters. The number of allylic oxidation sites excluding steroid dienone is 5. The molecule has 0 amide bonds. The SMILES string of the molecule is Fc1ccc(/C=C(/C(=Nc2ccccc2)C2=CC=CC2)c2ccccc2)cc1. The second-order valence-electron chi connectivity index (χ2n) is 6.60. The van der Waals surface area contributed by atoms with E-state index in [1.54, 1.807) is 12.1 Å². The monoisotopic (exact) mass is 365 g/mol. The highest BCUT2D eigenvalue weighted by atomic mass is 19.1. The Bertz CT molecular complexity index is 1060. The van der Waals surface area contributed by atoms with Crippen LogP contribution in [0.25, 0.3) is 11.6 Å². The molecular formula is C26H20FN. The summed E-state index contributed by atoms with van der Waals surface area (Å²) in [5.41, 5.74) is 6.05. The molecule has 0 spiro atoms. The molecule has 0 radical (unpaired) electrons. The Balaban J connectivity index is 1.89. The summed E-state index contributed by atoms with van der Waals surface area (Å²) in [4.78, 5) is 5.00. The van der Waals surface area contributed by atoms with E-state index in [4.69, 9.17) is 4.99 Å². The molecule has 136 valence electrons. The molecular weight excluding hydrogens is 345 g/mol. The topological polar surface area (TPSA) is 12.4 Å². The molecule has 0 atom stereocenters. The molecule has 0 fully saturated rings. The van der Waals surface area contributed by atoms with Gasteiger partial charge in [-0.3, -0.25) is 0 Å². The van der Waals surface area contributed by atoms with E-state index in [9.17, 15) is 4.39 Å². The van der Waals surface area contributed by atoms with Gasteiger partial charge in [-0.2, -0.15) is 0 Å². The minimum atomic E-state index is -0.237. The Morgan fingerprint density at radius 2 is 1.50 bits per heavy atom. The lowest BCUT2D eigenvalue weighted by Crippen LogP contribution is -2.05. The first-order valence-corrected chi connectivity index (χ1v) is 9.32. The second kappa shape index (κ2) is 8.45. The lowest BCUT2D eigenvalue weighted by molar-refractivity contribution is 0.628. The first kappa shape index (κ1) is 17.9. The molecule has 0 heterocycles. The zero-order chi connectivity index (χ0) is 19.2. The lowest BCUT2D eigenvalue weighted by Gasteiger charge is -2.14. The third-order valence-corrected chi connectivity index (χ3v) is 4.59. The third kappa shape index (κ3) is 4.24. The van der Waals surface area contributed by atoms with Gasteiger partial charge in [-0.15, -0.1) is 0 Å². The molecule has 0 saturated heterocycles. The van der Waals surface area contributed by atoms with Crippen molar-refractivity contribution in [3.05, 3.63) is 126 Å². The van der Waals surface area contributed by atoms with Crippen LogP contribution in [0.3, 0.4) is 0 Å². The Labute approximate surface area is 164 Å². The van der Waals surface area contributed by atoms with Crippen LogP contribution in [-0.4, -0.2) is 5.71 Å². The molecule has 3 aromatic rings. The van der Waals surface area contributed by atoms with E-state index in [-0.39, 0.29) is 5.82 Å². The van der Waals surface area contributed by atoms with Gasteiger partial charge in [-0.05, 0) is 53.5 Å². The first-order chi connectivity index (χ1) is 13.8. The van der Waals surface area contributed by atoms with E-state index >= 15 is 0 Å². The number of benzene rings is 3. The number of para-hydroxylation sites is 1. The smallest absolute Gasteiger partial charge is 0.123 e. The number of aliphatic imine (C=N–C) groups is 1. The summed E-state index contributed by atoms with van der Waals surface area (Å²) in [7, 11) is 0. The molecule has 0 bridgehead atoms. The molecule has 0 aliphatic heterocycles. The van der Waals surface area contributed by atoms with Crippen molar-refractivity contribution in [1.82, 2.24) is 0 Å². The van der Waals surface area contributed by atoms with Crippen LogP contribution in [0, 0.1) is 5.82 Å². The van der Waals surface area contributed by atoms with Crippen molar-refractivity contribution in [1.29, 1.82) is 0 Å². The predicted molar refractivity (Wildman–Crippen MR) is 116 cm³/mol. The van der Waals surface area contributed by atoms with Gasteiger partial charge in [0, 0.05) is 5.57 Å². The average molecular weight is 365 g/mol. The Kier molecular flexibility index (Phi) is 5.39. The van der Waals surface area contributed by atoms with Crippen molar-refractivity contribution >= 4 is 23.0 Å². The molecule has 4 rings (SSSR count). The number of nitrogens with zero attached hydrogens (tertiary/aromatic N) is 1. The van der Waals surface area contributed by atoms with Gasteiger partial charge in [-0.1, -0.05) is 78.9 Å². The maximum absolute atomic E-state index is 13.4. The molecule has 1 nitrogen and oxygen atoms in total. The Morgan fingerprint density at radius 1 is 0.821 bits per heavy atom. The maximum atomic E-state index is 13.4. The van der Waals surface area contributed by atoms with Gasteiger partial charge < -0.3 is 0 Å². The van der Waals surface area contributed by atoms with Crippen LogP contribution in [0.1, 0.15) is 17.5 Å². The van der Waals surface area contributed by atoms with E-state index in [1.165, 1.54) is 17.7 Å². The third-order valence-electron chi connectivity index (χ3n) is 4.59. The summed E-state index contributed by atoms with van der Waals surface area (Å²) in [5, 5.41) is 0. The quantitative estimate of drug-likeness (QED) is 0.340. The van der Waals surface area contributed by atoms with Crippen LogP contribution >= 0.6 is 0 Å². The van der Waals surface area contributed by atoms with Crippen molar-refractivity contribution in [3.63, 3.8) is 0 Å². The van der Waals surface area contributed by atoms with Crippen LogP contribution in [-0.2, 0) is 0 Å². The fraction of sp³-hybridized carbons (Fsp3) is 0.0385. The largest absolute Gasteiger partial charge is 0.248 e. The Morgan fingerprint density at radius 3 is 2.14 bits per heavy atom. The van der Waals surface area contributed by atoms with Crippen LogP contribution < -0.4 is 0 Å². The summed E-state index contributed by atoms with van der Waals surface area (Å²) < 4.78 is 13.4. The zero-order valence-corrected chi connectivity index (χ0v) is 15.4. The van der Waals surface area contributed by atoms with Crippen LogP contribution in [0.5, 0.6) is 0 Å². The van der Waals surface area contributed by atoms with E-state index < -0.39 is 0 Å². The summed E-state index contributed by atoms with van der Waals surface area (Å²) in [6.07, 6.45) is 9.24. The van der Waals surface area contributed by atoms with Gasteiger partial charge >= 0.3 is 0 Å². The zero-order valence-electron chi connectivity index (χ0n) is 15.4. The summed E-state index contributed by atoms with van der Waals surface area (Å²) in [6.45, 7) is 0. The fourth-order valence-electron chi connectivity index (χ4n) is 3.19.